The molecule has 1 N–H and O–H groups in total. The largest absolute Gasteiger partial charge is 0.386 e. The van der Waals surface area contributed by atoms with E-state index in [4.69, 9.17) is 0 Å². The predicted octanol–water partition coefficient (Wildman–Crippen LogP) is 5.25. The van der Waals surface area contributed by atoms with Crippen LogP contribution in [0.2, 0.25) is 0 Å². The van der Waals surface area contributed by atoms with E-state index >= 15 is 0 Å². The lowest BCUT2D eigenvalue weighted by Crippen LogP contribution is -2.15. The van der Waals surface area contributed by atoms with Crippen molar-refractivity contribution in [1.29, 1.82) is 0 Å². The molecule has 0 unspecified atom stereocenters. The third-order valence-corrected chi connectivity index (χ3v) is 3.85. The molecule has 0 radical (unpaired) electrons. The van der Waals surface area contributed by atoms with E-state index in [-0.39, 0.29) is 0 Å². The Balaban J connectivity index is 2.19. The first kappa shape index (κ1) is 14.6. The molecule has 0 aromatic heterocycles. The van der Waals surface area contributed by atoms with Crippen molar-refractivity contribution in [3.63, 3.8) is 0 Å². The Bertz CT molecular complexity index is 695. The highest BCUT2D eigenvalue weighted by Crippen LogP contribution is 2.32. The van der Waals surface area contributed by atoms with E-state index in [0.29, 0.717) is 0 Å². The first-order chi connectivity index (χ1) is 10.5. The summed E-state index contributed by atoms with van der Waals surface area (Å²) in [4.78, 5) is 0. The molecule has 0 heterocycles. The molecule has 3 rings (SSSR count). The SMILES string of the molecule is CC(C)(O)c1cc(-c2ccccc2)cc(-c2ccccc2)c1. The monoisotopic (exact) mass is 288 g/mol. The smallest absolute Gasteiger partial charge is 0.0840 e. The van der Waals surface area contributed by atoms with Crippen molar-refractivity contribution < 1.29 is 5.11 Å². The maximum absolute atomic E-state index is 10.4. The van der Waals surface area contributed by atoms with Crippen LogP contribution >= 0.6 is 0 Å². The van der Waals surface area contributed by atoms with Gasteiger partial charge in [0.1, 0.15) is 0 Å². The topological polar surface area (TPSA) is 20.2 Å². The van der Waals surface area contributed by atoms with Crippen LogP contribution in [0.1, 0.15) is 19.4 Å². The second-order valence-electron chi connectivity index (χ2n) is 6.09. The van der Waals surface area contributed by atoms with E-state index in [1.807, 2.05) is 50.2 Å². The predicted molar refractivity (Wildman–Crippen MR) is 92.6 cm³/mol. The Morgan fingerprint density at radius 2 is 1.00 bits per heavy atom. The minimum Gasteiger partial charge on any atom is -0.386 e. The number of rotatable bonds is 3. The summed E-state index contributed by atoms with van der Waals surface area (Å²) in [6.45, 7) is 3.65. The number of hydrogen-bond donors (Lipinski definition) is 1. The van der Waals surface area contributed by atoms with Crippen molar-refractivity contribution in [3.05, 3.63) is 84.4 Å². The third-order valence-electron chi connectivity index (χ3n) is 3.85. The van der Waals surface area contributed by atoms with Crippen LogP contribution in [-0.2, 0) is 5.60 Å². The van der Waals surface area contributed by atoms with E-state index in [9.17, 15) is 5.11 Å². The molecule has 22 heavy (non-hydrogen) atoms. The minimum absolute atomic E-state index is 0.867. The molecule has 0 spiro atoms. The summed E-state index contributed by atoms with van der Waals surface area (Å²) in [5.41, 5.74) is 4.62. The van der Waals surface area contributed by atoms with Gasteiger partial charge < -0.3 is 5.11 Å². The molecule has 0 amide bonds. The van der Waals surface area contributed by atoms with Gasteiger partial charge in [-0.2, -0.15) is 0 Å². The summed E-state index contributed by atoms with van der Waals surface area (Å²) < 4.78 is 0. The Kier molecular flexibility index (Phi) is 3.82. The standard InChI is InChI=1S/C21H20O/c1-21(2,22)20-14-18(16-9-5-3-6-10-16)13-19(15-20)17-11-7-4-8-12-17/h3-15,22H,1-2H3. The van der Waals surface area contributed by atoms with Gasteiger partial charge in [0.2, 0.25) is 0 Å². The molecule has 0 aliphatic heterocycles. The fraction of sp³-hybridized carbons (Fsp3) is 0.143. The van der Waals surface area contributed by atoms with Gasteiger partial charge in [0.15, 0.2) is 0 Å². The van der Waals surface area contributed by atoms with Crippen molar-refractivity contribution in [2.24, 2.45) is 0 Å². The van der Waals surface area contributed by atoms with Gasteiger partial charge in [-0.05, 0) is 59.9 Å². The van der Waals surface area contributed by atoms with E-state index in [0.717, 1.165) is 27.8 Å². The Hall–Kier alpha value is -2.38. The van der Waals surface area contributed by atoms with E-state index in [1.54, 1.807) is 0 Å². The molecule has 3 aromatic rings. The van der Waals surface area contributed by atoms with Crippen LogP contribution in [0.25, 0.3) is 22.3 Å². The van der Waals surface area contributed by atoms with Crippen LogP contribution in [0.15, 0.2) is 78.9 Å². The average molecular weight is 288 g/mol. The normalized spacial score (nSPS) is 11.4. The maximum Gasteiger partial charge on any atom is 0.0840 e. The molecule has 0 aliphatic rings. The molecule has 0 fully saturated rings. The molecule has 110 valence electrons. The Morgan fingerprint density at radius 3 is 1.36 bits per heavy atom. The van der Waals surface area contributed by atoms with Crippen LogP contribution in [0.4, 0.5) is 0 Å². The minimum atomic E-state index is -0.867. The van der Waals surface area contributed by atoms with Crippen molar-refractivity contribution in [2.45, 2.75) is 19.4 Å². The highest BCUT2D eigenvalue weighted by molar-refractivity contribution is 5.74. The van der Waals surface area contributed by atoms with E-state index in [1.165, 1.54) is 0 Å². The van der Waals surface area contributed by atoms with Gasteiger partial charge in [-0.25, -0.2) is 0 Å². The van der Waals surface area contributed by atoms with Gasteiger partial charge >= 0.3 is 0 Å². The maximum atomic E-state index is 10.4. The summed E-state index contributed by atoms with van der Waals surface area (Å²) in [5, 5.41) is 10.4. The molecule has 1 nitrogen and oxygen atoms in total. The van der Waals surface area contributed by atoms with Crippen molar-refractivity contribution in [1.82, 2.24) is 0 Å². The summed E-state index contributed by atoms with van der Waals surface area (Å²) in [6.07, 6.45) is 0. The second kappa shape index (κ2) is 5.78. The summed E-state index contributed by atoms with van der Waals surface area (Å²) in [7, 11) is 0. The zero-order valence-electron chi connectivity index (χ0n) is 13.0. The quantitative estimate of drug-likeness (QED) is 0.698. The zero-order chi connectivity index (χ0) is 15.6. The summed E-state index contributed by atoms with van der Waals surface area (Å²) in [6, 6.07) is 26.9. The number of aliphatic hydroxyl groups is 1. The first-order valence-electron chi connectivity index (χ1n) is 7.53. The van der Waals surface area contributed by atoms with Crippen molar-refractivity contribution in [3.8, 4) is 22.3 Å². The fourth-order valence-corrected chi connectivity index (χ4v) is 2.58. The Labute approximate surface area is 131 Å². The van der Waals surface area contributed by atoms with Crippen LogP contribution in [0.5, 0.6) is 0 Å². The highest BCUT2D eigenvalue weighted by Gasteiger charge is 2.18. The van der Waals surface area contributed by atoms with Gasteiger partial charge in [0.05, 0.1) is 5.60 Å². The molecule has 0 saturated carbocycles. The molecule has 3 aromatic carbocycles. The molecule has 0 saturated heterocycles. The summed E-state index contributed by atoms with van der Waals surface area (Å²) >= 11 is 0. The number of benzene rings is 3. The van der Waals surface area contributed by atoms with Crippen molar-refractivity contribution in [2.75, 3.05) is 0 Å². The van der Waals surface area contributed by atoms with Crippen LogP contribution in [-0.4, -0.2) is 5.11 Å². The highest BCUT2D eigenvalue weighted by atomic mass is 16.3. The Morgan fingerprint density at radius 1 is 0.591 bits per heavy atom. The molecule has 0 aliphatic carbocycles. The third kappa shape index (κ3) is 3.10. The van der Waals surface area contributed by atoms with Gasteiger partial charge in [0, 0.05) is 0 Å². The van der Waals surface area contributed by atoms with Crippen LogP contribution < -0.4 is 0 Å². The van der Waals surface area contributed by atoms with Crippen LogP contribution in [0, 0.1) is 0 Å². The lowest BCUT2D eigenvalue weighted by molar-refractivity contribution is 0.0787. The lowest BCUT2D eigenvalue weighted by atomic mass is 9.90. The molecule has 1 heteroatoms. The molecular formula is C21H20O. The zero-order valence-corrected chi connectivity index (χ0v) is 13.0. The molecular weight excluding hydrogens is 268 g/mol. The fourth-order valence-electron chi connectivity index (χ4n) is 2.58. The van der Waals surface area contributed by atoms with Gasteiger partial charge in [-0.3, -0.25) is 0 Å². The van der Waals surface area contributed by atoms with Gasteiger partial charge in [0.25, 0.3) is 0 Å². The molecule has 0 bridgehead atoms. The molecule has 0 atom stereocenters. The van der Waals surface area contributed by atoms with Gasteiger partial charge in [-0.15, -0.1) is 0 Å². The van der Waals surface area contributed by atoms with E-state index < -0.39 is 5.60 Å². The lowest BCUT2D eigenvalue weighted by Gasteiger charge is -2.20. The number of hydrogen-bond acceptors (Lipinski definition) is 1. The van der Waals surface area contributed by atoms with E-state index in [2.05, 4.69) is 42.5 Å². The van der Waals surface area contributed by atoms with Crippen molar-refractivity contribution >= 4 is 0 Å². The summed E-state index contributed by atoms with van der Waals surface area (Å²) in [5.74, 6) is 0. The second-order valence-corrected chi connectivity index (χ2v) is 6.09. The van der Waals surface area contributed by atoms with Gasteiger partial charge in [-0.1, -0.05) is 60.7 Å². The van der Waals surface area contributed by atoms with Crippen LogP contribution in [0.3, 0.4) is 0 Å². The average Bonchev–Trinajstić information content (AvgIpc) is 2.55. The first-order valence-corrected chi connectivity index (χ1v) is 7.53.